The fourth-order valence-electron chi connectivity index (χ4n) is 4.40. The van der Waals surface area contributed by atoms with E-state index in [1.807, 2.05) is 0 Å². The van der Waals surface area contributed by atoms with Crippen LogP contribution in [-0.4, -0.2) is 40.9 Å². The van der Waals surface area contributed by atoms with Crippen LogP contribution in [0.2, 0.25) is 5.02 Å². The van der Waals surface area contributed by atoms with E-state index in [4.69, 9.17) is 21.9 Å². The van der Waals surface area contributed by atoms with E-state index >= 15 is 0 Å². The van der Waals surface area contributed by atoms with Crippen LogP contribution in [0.1, 0.15) is 41.1 Å². The third-order valence-corrected chi connectivity index (χ3v) is 6.57. The zero-order valence-corrected chi connectivity index (χ0v) is 21.2. The molecule has 0 fully saturated rings. The molecule has 13 heteroatoms. The molecular weight excluding hydrogens is 539 g/mol. The molecule has 1 aliphatic heterocycles. The third-order valence-electron chi connectivity index (χ3n) is 6.26. The summed E-state index contributed by atoms with van der Waals surface area (Å²) in [6.45, 7) is 1.46. The van der Waals surface area contributed by atoms with Crippen LogP contribution < -0.4 is 16.4 Å². The molecule has 0 unspecified atom stereocenters. The molecule has 1 aromatic heterocycles. The number of primary amides is 1. The topological polar surface area (TPSA) is 140 Å². The average molecular weight is 562 g/mol. The standard InChI is InChI=1S/C26H23ClF3N5O4/c1-13-17(12-39-35-13)19(22(31)36)15(10-11-26(28,29)30)24(37)34-23-25(38)33-21-16(8-5-9-18(21)27)20(32-23)14-6-3-2-4-7-14/h2-9,12,15,19,23H,10-11H2,1H3,(H2,31,36)(H,33,38)(H,34,37)/t15-,19-,23-/m1/s1. The van der Waals surface area contributed by atoms with Crippen molar-refractivity contribution in [1.82, 2.24) is 10.5 Å². The Kier molecular flexibility index (Phi) is 8.05. The summed E-state index contributed by atoms with van der Waals surface area (Å²) >= 11 is 6.34. The molecule has 1 aliphatic rings. The van der Waals surface area contributed by atoms with Gasteiger partial charge in [0.05, 0.1) is 34.0 Å². The number of halogens is 4. The molecule has 3 aromatic rings. The highest BCUT2D eigenvalue weighted by Gasteiger charge is 2.40. The molecule has 0 radical (unpaired) electrons. The number of aromatic nitrogens is 1. The van der Waals surface area contributed by atoms with Crippen LogP contribution in [0.4, 0.5) is 18.9 Å². The van der Waals surface area contributed by atoms with Gasteiger partial charge < -0.3 is 20.9 Å². The maximum absolute atomic E-state index is 13.5. The van der Waals surface area contributed by atoms with Crippen molar-refractivity contribution in [2.24, 2.45) is 16.6 Å². The van der Waals surface area contributed by atoms with E-state index in [0.717, 1.165) is 6.26 Å². The number of anilines is 1. The number of para-hydroxylation sites is 1. The fourth-order valence-corrected chi connectivity index (χ4v) is 4.62. The van der Waals surface area contributed by atoms with Gasteiger partial charge in [0.2, 0.25) is 18.0 Å². The van der Waals surface area contributed by atoms with E-state index in [-0.39, 0.29) is 22.0 Å². The Morgan fingerprint density at radius 3 is 2.51 bits per heavy atom. The zero-order valence-electron chi connectivity index (χ0n) is 20.5. The van der Waals surface area contributed by atoms with Crippen molar-refractivity contribution in [3.8, 4) is 0 Å². The van der Waals surface area contributed by atoms with Crippen molar-refractivity contribution in [1.29, 1.82) is 0 Å². The number of amides is 3. The van der Waals surface area contributed by atoms with Gasteiger partial charge >= 0.3 is 6.18 Å². The van der Waals surface area contributed by atoms with Crippen LogP contribution in [0.25, 0.3) is 0 Å². The number of aliphatic imine (C=N–C) groups is 1. The molecule has 0 saturated heterocycles. The number of carbonyl (C=O) groups excluding carboxylic acids is 3. The summed E-state index contributed by atoms with van der Waals surface area (Å²) in [6, 6.07) is 13.7. The number of alkyl halides is 3. The van der Waals surface area contributed by atoms with Crippen LogP contribution in [0.15, 0.2) is 64.3 Å². The summed E-state index contributed by atoms with van der Waals surface area (Å²) in [5.74, 6) is -5.98. The largest absolute Gasteiger partial charge is 0.389 e. The van der Waals surface area contributed by atoms with Crippen molar-refractivity contribution in [3.63, 3.8) is 0 Å². The predicted octanol–water partition coefficient (Wildman–Crippen LogP) is 4.10. The van der Waals surface area contributed by atoms with Crippen molar-refractivity contribution in [2.75, 3.05) is 5.32 Å². The SMILES string of the molecule is Cc1nocc1[C@H](C(N)=O)[C@@H](CCC(F)(F)F)C(=O)N[C@H]1N=C(c2ccccc2)c2cccc(Cl)c2NC1=O. The monoisotopic (exact) mass is 561 g/mol. The summed E-state index contributed by atoms with van der Waals surface area (Å²) in [6.07, 6.45) is -7.30. The Morgan fingerprint density at radius 1 is 1.18 bits per heavy atom. The number of benzene rings is 2. The molecule has 3 amide bonds. The maximum Gasteiger partial charge on any atom is 0.389 e. The normalized spacial score (nSPS) is 16.8. The van der Waals surface area contributed by atoms with Gasteiger partial charge in [0.1, 0.15) is 6.26 Å². The number of nitrogens with one attached hydrogen (secondary N) is 2. The van der Waals surface area contributed by atoms with Crippen LogP contribution in [0.3, 0.4) is 0 Å². The molecule has 3 atom stereocenters. The van der Waals surface area contributed by atoms with Crippen LogP contribution in [0, 0.1) is 12.8 Å². The molecule has 0 spiro atoms. The Labute approximate surface area is 225 Å². The smallest absolute Gasteiger partial charge is 0.369 e. The lowest BCUT2D eigenvalue weighted by Gasteiger charge is -2.25. The van der Waals surface area contributed by atoms with Crippen LogP contribution in [0.5, 0.6) is 0 Å². The van der Waals surface area contributed by atoms with Gasteiger partial charge in [-0.3, -0.25) is 14.4 Å². The molecule has 2 aromatic carbocycles. The quantitative estimate of drug-likeness (QED) is 0.380. The number of benzodiazepines with no additional fused rings is 1. The Balaban J connectivity index is 1.74. The first kappa shape index (κ1) is 27.8. The highest BCUT2D eigenvalue weighted by Crippen LogP contribution is 2.35. The Bertz CT molecular complexity index is 1420. The van der Waals surface area contributed by atoms with Gasteiger partial charge in [-0.1, -0.05) is 59.2 Å². The molecule has 204 valence electrons. The molecule has 4 N–H and O–H groups in total. The van der Waals surface area contributed by atoms with Gasteiger partial charge in [0.25, 0.3) is 5.91 Å². The minimum absolute atomic E-state index is 0.0720. The number of nitrogens with zero attached hydrogens (tertiary/aromatic N) is 2. The minimum Gasteiger partial charge on any atom is -0.369 e. The lowest BCUT2D eigenvalue weighted by Crippen LogP contribution is -2.47. The number of fused-ring (bicyclic) bond motifs is 1. The number of hydrogen-bond acceptors (Lipinski definition) is 6. The van der Waals surface area contributed by atoms with Gasteiger partial charge in [-0.2, -0.15) is 13.2 Å². The average Bonchev–Trinajstić information content (AvgIpc) is 3.23. The molecular formula is C26H23ClF3N5O4. The second-order valence-corrected chi connectivity index (χ2v) is 9.31. The zero-order chi connectivity index (χ0) is 28.3. The molecule has 0 bridgehead atoms. The molecule has 0 saturated carbocycles. The number of carbonyl (C=O) groups is 3. The second kappa shape index (κ2) is 11.3. The van der Waals surface area contributed by atoms with Crippen molar-refractivity contribution < 1.29 is 32.1 Å². The lowest BCUT2D eigenvalue weighted by molar-refractivity contribution is -0.144. The van der Waals surface area contributed by atoms with E-state index in [2.05, 4.69) is 20.8 Å². The fraction of sp³-hybridized carbons (Fsp3) is 0.269. The Hall–Kier alpha value is -4.19. The molecule has 9 nitrogen and oxygen atoms in total. The van der Waals surface area contributed by atoms with Crippen molar-refractivity contribution >= 4 is 40.7 Å². The van der Waals surface area contributed by atoms with Crippen LogP contribution >= 0.6 is 11.6 Å². The number of nitrogens with two attached hydrogens (primary N) is 1. The second-order valence-electron chi connectivity index (χ2n) is 8.90. The van der Waals surface area contributed by atoms with E-state index in [1.54, 1.807) is 48.5 Å². The maximum atomic E-state index is 13.5. The van der Waals surface area contributed by atoms with E-state index in [9.17, 15) is 27.6 Å². The Morgan fingerprint density at radius 2 is 1.90 bits per heavy atom. The number of rotatable bonds is 8. The predicted molar refractivity (Wildman–Crippen MR) is 136 cm³/mol. The summed E-state index contributed by atoms with van der Waals surface area (Å²) in [7, 11) is 0. The summed E-state index contributed by atoms with van der Waals surface area (Å²) < 4.78 is 44.4. The van der Waals surface area contributed by atoms with Crippen LogP contribution in [-0.2, 0) is 14.4 Å². The number of aryl methyl sites for hydroxylation is 1. The van der Waals surface area contributed by atoms with E-state index < -0.39 is 54.7 Å². The first-order chi connectivity index (χ1) is 18.5. The molecule has 0 aliphatic carbocycles. The van der Waals surface area contributed by atoms with Gasteiger partial charge in [-0.15, -0.1) is 0 Å². The highest BCUT2D eigenvalue weighted by atomic mass is 35.5. The van der Waals surface area contributed by atoms with Gasteiger partial charge in [-0.05, 0) is 19.4 Å². The van der Waals surface area contributed by atoms with Crippen molar-refractivity contribution in [3.05, 3.63) is 82.2 Å². The van der Waals surface area contributed by atoms with E-state index in [1.165, 1.54) is 6.92 Å². The molecule has 39 heavy (non-hydrogen) atoms. The van der Waals surface area contributed by atoms with E-state index in [0.29, 0.717) is 16.8 Å². The minimum atomic E-state index is -4.62. The summed E-state index contributed by atoms with van der Waals surface area (Å²) in [4.78, 5) is 43.6. The first-order valence-corrected chi connectivity index (χ1v) is 12.1. The lowest BCUT2D eigenvalue weighted by atomic mass is 9.82. The van der Waals surface area contributed by atoms with Crippen molar-refractivity contribution in [2.45, 2.75) is 38.0 Å². The molecule has 4 rings (SSSR count). The summed E-state index contributed by atoms with van der Waals surface area (Å²) in [5.41, 5.74) is 7.44. The summed E-state index contributed by atoms with van der Waals surface area (Å²) in [5, 5.41) is 8.91. The first-order valence-electron chi connectivity index (χ1n) is 11.8. The van der Waals surface area contributed by atoms with Gasteiger partial charge in [0, 0.05) is 23.1 Å². The number of hydrogen-bond donors (Lipinski definition) is 3. The van der Waals surface area contributed by atoms with Gasteiger partial charge in [-0.25, -0.2) is 4.99 Å². The van der Waals surface area contributed by atoms with Gasteiger partial charge in [0.15, 0.2) is 0 Å². The highest BCUT2D eigenvalue weighted by molar-refractivity contribution is 6.36. The molecule has 2 heterocycles. The third kappa shape index (κ3) is 6.28.